The van der Waals surface area contributed by atoms with Crippen LogP contribution < -0.4 is 4.90 Å². The Labute approximate surface area is 154 Å². The Bertz CT molecular complexity index is 689. The van der Waals surface area contributed by atoms with E-state index in [2.05, 4.69) is 39.9 Å². The molecule has 1 unspecified atom stereocenters. The smallest absolute Gasteiger partial charge is 0.0641 e. The molecule has 1 atom stereocenters. The molecule has 0 aromatic carbocycles. The average Bonchev–Trinajstić information content (AvgIpc) is 2.92. The van der Waals surface area contributed by atoms with Gasteiger partial charge in [-0.05, 0) is 50.6 Å². The van der Waals surface area contributed by atoms with Crippen molar-refractivity contribution in [3.05, 3.63) is 46.4 Å². The van der Waals surface area contributed by atoms with Gasteiger partial charge in [0.2, 0.25) is 0 Å². The molecule has 0 radical (unpaired) electrons. The maximum Gasteiger partial charge on any atom is 0.0641 e. The highest BCUT2D eigenvalue weighted by atomic mass is 32.1. The van der Waals surface area contributed by atoms with Crippen molar-refractivity contribution >= 4 is 17.0 Å². The number of anilines is 1. The van der Waals surface area contributed by atoms with Crippen LogP contribution in [0.15, 0.2) is 36.7 Å². The largest absolute Gasteiger partial charge is 0.379 e. The lowest BCUT2D eigenvalue weighted by Crippen LogP contribution is -2.50. The van der Waals surface area contributed by atoms with E-state index in [-0.39, 0.29) is 5.41 Å². The van der Waals surface area contributed by atoms with Crippen molar-refractivity contribution < 1.29 is 4.74 Å². The van der Waals surface area contributed by atoms with E-state index in [1.54, 1.807) is 0 Å². The fourth-order valence-electron chi connectivity index (χ4n) is 4.24. The fourth-order valence-corrected chi connectivity index (χ4v) is 5.17. The van der Waals surface area contributed by atoms with Crippen LogP contribution in [0, 0.1) is 12.3 Å². The van der Waals surface area contributed by atoms with E-state index >= 15 is 0 Å². The van der Waals surface area contributed by atoms with Crippen molar-refractivity contribution in [2.45, 2.75) is 26.3 Å². The Hall–Kier alpha value is -1.43. The molecule has 4 rings (SSSR count). The molecule has 0 N–H and O–H groups in total. The van der Waals surface area contributed by atoms with Crippen molar-refractivity contribution in [2.24, 2.45) is 5.41 Å². The van der Waals surface area contributed by atoms with Crippen molar-refractivity contribution in [2.75, 3.05) is 44.3 Å². The number of aromatic nitrogens is 1. The van der Waals surface area contributed by atoms with E-state index in [1.165, 1.54) is 34.8 Å². The molecule has 2 aromatic heterocycles. The minimum atomic E-state index is 0.233. The Kier molecular flexibility index (Phi) is 5.06. The first kappa shape index (κ1) is 17.0. The molecule has 4 heterocycles. The molecule has 0 amide bonds. The summed E-state index contributed by atoms with van der Waals surface area (Å²) in [6.07, 6.45) is 6.34. The Morgan fingerprint density at radius 2 is 2.20 bits per heavy atom. The van der Waals surface area contributed by atoms with Gasteiger partial charge in [-0.2, -0.15) is 0 Å². The van der Waals surface area contributed by atoms with Crippen LogP contribution in [0.1, 0.15) is 22.6 Å². The van der Waals surface area contributed by atoms with Gasteiger partial charge < -0.3 is 9.64 Å². The number of rotatable bonds is 3. The van der Waals surface area contributed by atoms with Gasteiger partial charge in [-0.1, -0.05) is 0 Å². The van der Waals surface area contributed by atoms with Gasteiger partial charge in [-0.15, -0.1) is 11.3 Å². The van der Waals surface area contributed by atoms with E-state index in [9.17, 15) is 0 Å². The number of pyridine rings is 1. The molecule has 4 nitrogen and oxygen atoms in total. The summed E-state index contributed by atoms with van der Waals surface area (Å²) in [5.41, 5.74) is 1.45. The maximum absolute atomic E-state index is 6.06. The number of nitrogens with zero attached hydrogens (tertiary/aromatic N) is 3. The second-order valence-electron chi connectivity index (χ2n) is 7.51. The van der Waals surface area contributed by atoms with Crippen LogP contribution in [0.3, 0.4) is 0 Å². The zero-order valence-electron chi connectivity index (χ0n) is 15.0. The highest BCUT2D eigenvalue weighted by Gasteiger charge is 2.39. The summed E-state index contributed by atoms with van der Waals surface area (Å²) in [5.74, 6) is 0. The molecule has 2 aromatic rings. The number of thiophene rings is 1. The average molecular weight is 358 g/mol. The standard InChI is InChI=1S/C20H27N3OS/c1-17-5-6-19(25-17)13-22-9-3-7-20(14-22)15-23(10-11-24-16-20)18-4-2-8-21-12-18/h2,4-6,8,12H,3,7,9-11,13-16H2,1H3. The molecular weight excluding hydrogens is 330 g/mol. The molecule has 0 saturated carbocycles. The summed E-state index contributed by atoms with van der Waals surface area (Å²) >= 11 is 1.93. The first-order chi connectivity index (χ1) is 12.2. The third-order valence-electron chi connectivity index (χ3n) is 5.37. The second-order valence-corrected chi connectivity index (χ2v) is 8.88. The van der Waals surface area contributed by atoms with Gasteiger partial charge in [0.15, 0.2) is 0 Å². The van der Waals surface area contributed by atoms with Crippen LogP contribution in [-0.2, 0) is 11.3 Å². The summed E-state index contributed by atoms with van der Waals surface area (Å²) in [5, 5.41) is 0. The molecular formula is C20H27N3OS. The number of aryl methyl sites for hydroxylation is 1. The van der Waals surface area contributed by atoms with E-state index in [0.717, 1.165) is 39.4 Å². The third-order valence-corrected chi connectivity index (χ3v) is 6.35. The van der Waals surface area contributed by atoms with E-state index in [1.807, 2.05) is 29.8 Å². The van der Waals surface area contributed by atoms with Crippen molar-refractivity contribution in [3.63, 3.8) is 0 Å². The molecule has 134 valence electrons. The number of likely N-dealkylation sites (tertiary alicyclic amines) is 1. The molecule has 1 spiro atoms. The van der Waals surface area contributed by atoms with Crippen LogP contribution in [-0.4, -0.2) is 49.3 Å². The van der Waals surface area contributed by atoms with Gasteiger partial charge >= 0.3 is 0 Å². The number of hydrogen-bond donors (Lipinski definition) is 0. The number of piperidine rings is 1. The zero-order valence-corrected chi connectivity index (χ0v) is 15.8. The van der Waals surface area contributed by atoms with Crippen LogP contribution in [0.5, 0.6) is 0 Å². The fraction of sp³-hybridized carbons (Fsp3) is 0.550. The molecule has 5 heteroatoms. The first-order valence-corrected chi connectivity index (χ1v) is 10.0. The van der Waals surface area contributed by atoms with Crippen LogP contribution in [0.25, 0.3) is 0 Å². The minimum absolute atomic E-state index is 0.233. The minimum Gasteiger partial charge on any atom is -0.379 e. The highest BCUT2D eigenvalue weighted by Crippen LogP contribution is 2.35. The maximum atomic E-state index is 6.06. The quantitative estimate of drug-likeness (QED) is 0.840. The topological polar surface area (TPSA) is 28.6 Å². The molecule has 2 aliphatic rings. The van der Waals surface area contributed by atoms with E-state index < -0.39 is 0 Å². The molecule has 0 bridgehead atoms. The highest BCUT2D eigenvalue weighted by molar-refractivity contribution is 7.11. The monoisotopic (exact) mass is 357 g/mol. The first-order valence-electron chi connectivity index (χ1n) is 9.23. The predicted molar refractivity (Wildman–Crippen MR) is 103 cm³/mol. The van der Waals surface area contributed by atoms with Gasteiger partial charge in [0.25, 0.3) is 0 Å². The number of hydrogen-bond acceptors (Lipinski definition) is 5. The molecule has 0 aliphatic carbocycles. The van der Waals surface area contributed by atoms with E-state index in [4.69, 9.17) is 4.74 Å². The molecule has 2 saturated heterocycles. The summed E-state index contributed by atoms with van der Waals surface area (Å²) in [6.45, 7) is 9.30. The normalized spacial score (nSPS) is 25.2. The van der Waals surface area contributed by atoms with Gasteiger partial charge in [0.05, 0.1) is 25.1 Å². The predicted octanol–water partition coefficient (Wildman–Crippen LogP) is 3.57. The lowest BCUT2D eigenvalue weighted by molar-refractivity contribution is 0.0110. The van der Waals surface area contributed by atoms with E-state index in [0.29, 0.717) is 0 Å². The molecule has 2 fully saturated rings. The Morgan fingerprint density at radius 3 is 3.00 bits per heavy atom. The van der Waals surface area contributed by atoms with Gasteiger partial charge in [-0.25, -0.2) is 0 Å². The van der Waals surface area contributed by atoms with Gasteiger partial charge in [0.1, 0.15) is 0 Å². The molecule has 25 heavy (non-hydrogen) atoms. The third kappa shape index (κ3) is 4.05. The summed E-state index contributed by atoms with van der Waals surface area (Å²) < 4.78 is 6.06. The molecule has 2 aliphatic heterocycles. The van der Waals surface area contributed by atoms with Crippen molar-refractivity contribution in [1.82, 2.24) is 9.88 Å². The van der Waals surface area contributed by atoms with Crippen LogP contribution in [0.2, 0.25) is 0 Å². The summed E-state index contributed by atoms with van der Waals surface area (Å²) in [6, 6.07) is 8.71. The summed E-state index contributed by atoms with van der Waals surface area (Å²) in [7, 11) is 0. The van der Waals surface area contributed by atoms with Gasteiger partial charge in [-0.3, -0.25) is 9.88 Å². The second kappa shape index (κ2) is 7.44. The zero-order chi connectivity index (χ0) is 17.1. The summed E-state index contributed by atoms with van der Waals surface area (Å²) in [4.78, 5) is 12.3. The van der Waals surface area contributed by atoms with Crippen LogP contribution >= 0.6 is 11.3 Å². The lowest BCUT2D eigenvalue weighted by Gasteiger charge is -2.44. The van der Waals surface area contributed by atoms with Gasteiger partial charge in [0, 0.05) is 47.5 Å². The Balaban J connectivity index is 1.48. The van der Waals surface area contributed by atoms with Crippen molar-refractivity contribution in [3.8, 4) is 0 Å². The SMILES string of the molecule is Cc1ccc(CN2CCCC3(COCCN(c4cccnc4)C3)C2)s1. The Morgan fingerprint density at radius 1 is 1.24 bits per heavy atom. The van der Waals surface area contributed by atoms with Crippen molar-refractivity contribution in [1.29, 1.82) is 0 Å². The van der Waals surface area contributed by atoms with Crippen LogP contribution in [0.4, 0.5) is 5.69 Å². The number of ether oxygens (including phenoxy) is 1. The lowest BCUT2D eigenvalue weighted by atomic mass is 9.80.